The van der Waals surface area contributed by atoms with Crippen LogP contribution in [0.25, 0.3) is 11.0 Å². The van der Waals surface area contributed by atoms with Crippen LogP contribution < -0.4 is 10.6 Å². The molecule has 0 fully saturated rings. The van der Waals surface area contributed by atoms with Crippen molar-refractivity contribution in [3.63, 3.8) is 0 Å². The first-order chi connectivity index (χ1) is 10.7. The minimum Gasteiger partial charge on any atom is -0.341 e. The molecule has 1 aromatic heterocycles. The van der Waals surface area contributed by atoms with Gasteiger partial charge >= 0.3 is 6.03 Å². The van der Waals surface area contributed by atoms with Crippen LogP contribution in [0.15, 0.2) is 29.4 Å². The molecule has 0 bridgehead atoms. The number of benzene rings is 1. The van der Waals surface area contributed by atoms with E-state index >= 15 is 0 Å². The number of hydrogen-bond donors (Lipinski definition) is 2. The van der Waals surface area contributed by atoms with Crippen LogP contribution in [0, 0.1) is 11.3 Å². The van der Waals surface area contributed by atoms with E-state index in [1.54, 1.807) is 0 Å². The average molecular weight is 317 g/mol. The van der Waals surface area contributed by atoms with E-state index in [0.717, 1.165) is 11.0 Å². The van der Waals surface area contributed by atoms with Gasteiger partial charge in [0.15, 0.2) is 5.16 Å². The lowest BCUT2D eigenvalue weighted by atomic mass is 10.3. The number of imidazole rings is 1. The maximum atomic E-state index is 11.6. The number of amides is 3. The molecule has 2 rings (SSSR count). The van der Waals surface area contributed by atoms with Gasteiger partial charge in [-0.1, -0.05) is 23.9 Å². The number of nitriles is 1. The topological polar surface area (TPSA) is 99.8 Å². The molecule has 2 aromatic rings. The summed E-state index contributed by atoms with van der Waals surface area (Å²) in [7, 11) is 1.44. The number of rotatable bonds is 5. The van der Waals surface area contributed by atoms with E-state index in [9.17, 15) is 9.59 Å². The highest BCUT2D eigenvalue weighted by Crippen LogP contribution is 2.24. The van der Waals surface area contributed by atoms with Gasteiger partial charge in [0.2, 0.25) is 5.91 Å². The quantitative estimate of drug-likeness (QED) is 0.814. The first kappa shape index (κ1) is 15.9. The maximum absolute atomic E-state index is 11.6. The molecule has 2 N–H and O–H groups in total. The molecular formula is C14H15N5O2S. The van der Waals surface area contributed by atoms with Crippen molar-refractivity contribution in [2.75, 3.05) is 12.8 Å². The standard InChI is InChI=1S/C14H15N5O2S/c1-16-13(21)18-12(20)9-22-14-17-10-5-2-3-6-11(10)19(14)8-4-7-15/h2-3,5-6H,4,8-9H2,1H3,(H2,16,18,20,21). The zero-order chi connectivity index (χ0) is 15.9. The third-order valence-corrected chi connectivity index (χ3v) is 3.86. The molecule has 0 saturated carbocycles. The van der Waals surface area contributed by atoms with Gasteiger partial charge in [0.25, 0.3) is 0 Å². The fraction of sp³-hybridized carbons (Fsp3) is 0.286. The van der Waals surface area contributed by atoms with Gasteiger partial charge < -0.3 is 9.88 Å². The van der Waals surface area contributed by atoms with Crippen molar-refractivity contribution in [1.82, 2.24) is 20.2 Å². The van der Waals surface area contributed by atoms with Crippen LogP contribution in [-0.2, 0) is 11.3 Å². The summed E-state index contributed by atoms with van der Waals surface area (Å²) in [6, 6.07) is 9.16. The van der Waals surface area contributed by atoms with Crippen LogP contribution >= 0.6 is 11.8 Å². The summed E-state index contributed by atoms with van der Waals surface area (Å²) in [5, 5.41) is 13.9. The van der Waals surface area contributed by atoms with Crippen molar-refractivity contribution >= 4 is 34.7 Å². The van der Waals surface area contributed by atoms with Gasteiger partial charge in [0.05, 0.1) is 29.3 Å². The highest BCUT2D eigenvalue weighted by Gasteiger charge is 2.13. The van der Waals surface area contributed by atoms with Crippen LogP contribution in [0.4, 0.5) is 4.79 Å². The van der Waals surface area contributed by atoms with Crippen LogP contribution in [0.2, 0.25) is 0 Å². The zero-order valence-electron chi connectivity index (χ0n) is 12.0. The molecule has 0 aliphatic rings. The summed E-state index contributed by atoms with van der Waals surface area (Å²) in [5.74, 6) is -0.327. The Morgan fingerprint density at radius 3 is 2.91 bits per heavy atom. The van der Waals surface area contributed by atoms with Crippen LogP contribution in [0.1, 0.15) is 6.42 Å². The molecular weight excluding hydrogens is 302 g/mol. The Kier molecular flexibility index (Phi) is 5.38. The number of para-hydroxylation sites is 2. The van der Waals surface area contributed by atoms with E-state index in [-0.39, 0.29) is 5.75 Å². The first-order valence-electron chi connectivity index (χ1n) is 6.62. The van der Waals surface area contributed by atoms with E-state index in [1.807, 2.05) is 28.8 Å². The molecule has 3 amide bonds. The number of urea groups is 1. The fourth-order valence-electron chi connectivity index (χ4n) is 1.90. The number of hydrogen-bond acceptors (Lipinski definition) is 5. The van der Waals surface area contributed by atoms with Crippen LogP contribution in [0.3, 0.4) is 0 Å². The summed E-state index contributed by atoms with van der Waals surface area (Å²) in [5.41, 5.74) is 1.74. The van der Waals surface area contributed by atoms with Gasteiger partial charge in [-0.15, -0.1) is 0 Å². The Morgan fingerprint density at radius 1 is 1.41 bits per heavy atom. The molecule has 0 unspecified atom stereocenters. The molecule has 0 saturated heterocycles. The predicted octanol–water partition coefficient (Wildman–Crippen LogP) is 1.50. The fourth-order valence-corrected chi connectivity index (χ4v) is 2.74. The molecule has 0 aliphatic carbocycles. The Hall–Kier alpha value is -2.53. The molecule has 7 nitrogen and oxygen atoms in total. The largest absolute Gasteiger partial charge is 0.341 e. The van der Waals surface area contributed by atoms with Crippen molar-refractivity contribution in [1.29, 1.82) is 5.26 Å². The number of carbonyl (C=O) groups is 2. The molecule has 1 aromatic carbocycles. The van der Waals surface area contributed by atoms with Crippen LogP contribution in [-0.4, -0.2) is 34.3 Å². The van der Waals surface area contributed by atoms with Crippen molar-refractivity contribution in [2.24, 2.45) is 0 Å². The summed E-state index contributed by atoms with van der Waals surface area (Å²) in [6.07, 6.45) is 0.359. The van der Waals surface area contributed by atoms with Crippen molar-refractivity contribution < 1.29 is 9.59 Å². The lowest BCUT2D eigenvalue weighted by Crippen LogP contribution is -2.38. The Morgan fingerprint density at radius 2 is 2.18 bits per heavy atom. The highest BCUT2D eigenvalue weighted by atomic mass is 32.2. The number of nitrogens with one attached hydrogen (secondary N) is 2. The molecule has 0 atom stereocenters. The minimum atomic E-state index is -0.538. The van der Waals surface area contributed by atoms with E-state index < -0.39 is 11.9 Å². The summed E-state index contributed by atoms with van der Waals surface area (Å²) >= 11 is 1.23. The zero-order valence-corrected chi connectivity index (χ0v) is 12.8. The van der Waals surface area contributed by atoms with Gasteiger partial charge in [-0.25, -0.2) is 9.78 Å². The second kappa shape index (κ2) is 7.47. The first-order valence-corrected chi connectivity index (χ1v) is 7.61. The van der Waals surface area contributed by atoms with E-state index in [4.69, 9.17) is 5.26 Å². The number of thioether (sulfide) groups is 1. The molecule has 0 radical (unpaired) electrons. The highest BCUT2D eigenvalue weighted by molar-refractivity contribution is 7.99. The van der Waals surface area contributed by atoms with E-state index in [2.05, 4.69) is 21.7 Å². The minimum absolute atomic E-state index is 0.0727. The second-order valence-corrected chi connectivity index (χ2v) is 5.30. The molecule has 0 spiro atoms. The SMILES string of the molecule is CNC(=O)NC(=O)CSc1nc2ccccc2n1CCC#N. The normalized spacial score (nSPS) is 10.2. The van der Waals surface area contributed by atoms with Crippen molar-refractivity contribution in [3.05, 3.63) is 24.3 Å². The van der Waals surface area contributed by atoms with Crippen LogP contribution in [0.5, 0.6) is 0 Å². The van der Waals surface area contributed by atoms with Crippen molar-refractivity contribution in [3.8, 4) is 6.07 Å². The second-order valence-electron chi connectivity index (χ2n) is 4.36. The lowest BCUT2D eigenvalue weighted by Gasteiger charge is -2.06. The van der Waals surface area contributed by atoms with Gasteiger partial charge in [-0.05, 0) is 12.1 Å². The predicted molar refractivity (Wildman–Crippen MR) is 83.3 cm³/mol. The molecule has 22 heavy (non-hydrogen) atoms. The molecule has 114 valence electrons. The third kappa shape index (κ3) is 3.77. The third-order valence-electron chi connectivity index (χ3n) is 2.88. The Bertz CT molecular complexity index is 734. The van der Waals surface area contributed by atoms with Gasteiger partial charge in [0.1, 0.15) is 0 Å². The molecule has 0 aliphatic heterocycles. The molecule has 1 heterocycles. The number of nitrogens with zero attached hydrogens (tertiary/aromatic N) is 3. The lowest BCUT2D eigenvalue weighted by molar-refractivity contribution is -0.117. The number of aryl methyl sites for hydroxylation is 1. The van der Waals surface area contributed by atoms with E-state index in [1.165, 1.54) is 18.8 Å². The number of imide groups is 1. The molecule has 8 heteroatoms. The van der Waals surface area contributed by atoms with Gasteiger partial charge in [-0.2, -0.15) is 5.26 Å². The average Bonchev–Trinajstić information content (AvgIpc) is 2.88. The number of aromatic nitrogens is 2. The van der Waals surface area contributed by atoms with Gasteiger partial charge in [-0.3, -0.25) is 10.1 Å². The monoisotopic (exact) mass is 317 g/mol. The maximum Gasteiger partial charge on any atom is 0.321 e. The van der Waals surface area contributed by atoms with Crippen molar-refractivity contribution in [2.45, 2.75) is 18.1 Å². The smallest absolute Gasteiger partial charge is 0.321 e. The summed E-state index contributed by atoms with van der Waals surface area (Å²) < 4.78 is 1.91. The van der Waals surface area contributed by atoms with Gasteiger partial charge in [0, 0.05) is 13.6 Å². The number of carbonyl (C=O) groups excluding carboxylic acids is 2. The Labute approximate surface area is 131 Å². The Balaban J connectivity index is 2.14. The number of fused-ring (bicyclic) bond motifs is 1. The van der Waals surface area contributed by atoms with E-state index in [0.29, 0.717) is 18.1 Å². The summed E-state index contributed by atoms with van der Waals surface area (Å²) in [4.78, 5) is 27.2. The summed E-state index contributed by atoms with van der Waals surface area (Å²) in [6.45, 7) is 0.510.